The van der Waals surface area contributed by atoms with Crippen LogP contribution in [0.25, 0.3) is 0 Å². The van der Waals surface area contributed by atoms with Gasteiger partial charge in [0.25, 0.3) is 10.1 Å². The number of carboxylic acids is 2. The lowest BCUT2D eigenvalue weighted by molar-refractivity contribution is -0.136. The highest BCUT2D eigenvalue weighted by molar-refractivity contribution is 7.85. The third kappa shape index (κ3) is 7.70. The van der Waals surface area contributed by atoms with Crippen LogP contribution in [-0.4, -0.2) is 57.5 Å². The molecule has 0 aromatic heterocycles. The van der Waals surface area contributed by atoms with E-state index in [-0.39, 0.29) is 5.48 Å². The molecule has 0 heterocycles. The third-order valence-electron chi connectivity index (χ3n) is 2.84. The summed E-state index contributed by atoms with van der Waals surface area (Å²) in [6, 6.07) is 10.9. The van der Waals surface area contributed by atoms with Crippen LogP contribution < -0.4 is 5.06 Å². The zero-order valence-electron chi connectivity index (χ0n) is 13.6. The number of phenols is 1. The highest BCUT2D eigenvalue weighted by Gasteiger charge is 2.16. The smallest absolute Gasteiger partial charge is 0.339 e. The maximum atomic E-state index is 10.6. The van der Waals surface area contributed by atoms with E-state index >= 15 is 0 Å². The fourth-order valence-corrected chi connectivity index (χ4v) is 2.17. The molecule has 2 aromatic carbocycles. The van der Waals surface area contributed by atoms with Crippen molar-refractivity contribution in [3.05, 3.63) is 54.1 Å². The fraction of sp³-hybridized carbons (Fsp3) is 0.0667. The van der Waals surface area contributed by atoms with Gasteiger partial charge in [-0.15, -0.1) is 0 Å². The second-order valence-electron chi connectivity index (χ2n) is 4.75. The van der Waals surface area contributed by atoms with Gasteiger partial charge in [-0.25, -0.2) is 9.86 Å². The molecule has 0 aliphatic rings. The van der Waals surface area contributed by atoms with Crippen LogP contribution in [-0.2, 0) is 14.9 Å². The van der Waals surface area contributed by atoms with E-state index in [0.717, 1.165) is 12.1 Å². The van der Waals surface area contributed by atoms with Crippen LogP contribution in [0.5, 0.6) is 5.75 Å². The number of aliphatic carboxylic acids is 1. The second-order valence-corrected chi connectivity index (χ2v) is 6.17. The Labute approximate surface area is 153 Å². The van der Waals surface area contributed by atoms with Crippen LogP contribution in [0.4, 0.5) is 5.69 Å². The quantitative estimate of drug-likeness (QED) is 0.345. The van der Waals surface area contributed by atoms with Crippen LogP contribution in [0.1, 0.15) is 10.4 Å². The molecule has 12 heteroatoms. The summed E-state index contributed by atoms with van der Waals surface area (Å²) in [4.78, 5) is 20.1. The van der Waals surface area contributed by atoms with Gasteiger partial charge >= 0.3 is 11.9 Å². The SMILES string of the molecule is O.O=C(O)CN(O)c1ccccc1.O=C(O)c1cc(S(=O)(=O)O)ccc1O. The summed E-state index contributed by atoms with van der Waals surface area (Å²) in [5.41, 5.74) is -0.111. The van der Waals surface area contributed by atoms with Gasteiger partial charge in [-0.1, -0.05) is 18.2 Å². The molecule has 7 N–H and O–H groups in total. The first-order chi connectivity index (χ1) is 12.0. The Morgan fingerprint density at radius 3 is 2.00 bits per heavy atom. The average Bonchev–Trinajstić information content (AvgIpc) is 2.54. The lowest BCUT2D eigenvalue weighted by Crippen LogP contribution is -2.25. The van der Waals surface area contributed by atoms with Crippen molar-refractivity contribution in [1.82, 2.24) is 0 Å². The van der Waals surface area contributed by atoms with Crippen LogP contribution in [0.15, 0.2) is 53.4 Å². The highest BCUT2D eigenvalue weighted by Crippen LogP contribution is 2.20. The topological polar surface area (TPSA) is 204 Å². The molecule has 0 spiro atoms. The number of hydrogen-bond donors (Lipinski definition) is 5. The molecule has 0 aliphatic heterocycles. The minimum Gasteiger partial charge on any atom is -0.507 e. The first-order valence-corrected chi connectivity index (χ1v) is 8.23. The van der Waals surface area contributed by atoms with Gasteiger partial charge in [0, 0.05) is 0 Å². The minimum absolute atomic E-state index is 0. The zero-order chi connectivity index (χ0) is 19.9. The molecule has 0 fully saturated rings. The number of nitrogens with zero attached hydrogens (tertiary/aromatic N) is 1. The molecule has 2 rings (SSSR count). The van der Waals surface area contributed by atoms with Crippen LogP contribution >= 0.6 is 0 Å². The van der Waals surface area contributed by atoms with Crippen molar-refractivity contribution in [2.75, 3.05) is 11.6 Å². The Morgan fingerprint density at radius 1 is 1.00 bits per heavy atom. The van der Waals surface area contributed by atoms with Crippen molar-refractivity contribution < 1.29 is 48.6 Å². The van der Waals surface area contributed by atoms with E-state index < -0.39 is 44.8 Å². The lowest BCUT2D eigenvalue weighted by Gasteiger charge is -2.13. The molecule has 0 atom stereocenters. The third-order valence-corrected chi connectivity index (χ3v) is 3.69. The first kappa shape index (κ1) is 23.8. The van der Waals surface area contributed by atoms with Gasteiger partial charge in [0.1, 0.15) is 17.9 Å². The second kappa shape index (κ2) is 10.1. The standard InChI is InChI=1S/C8H9NO3.C7H6O6S.H2O/c10-8(11)6-9(12)7-4-2-1-3-5-7;8-6-2-1-4(14(11,12)13)3-5(6)7(9)10;/h1-5,12H,6H2,(H,10,11);1-3,8H,(H,9,10)(H,11,12,13);1H2. The zero-order valence-corrected chi connectivity index (χ0v) is 14.4. The number of benzene rings is 2. The number of para-hydroxylation sites is 1. The monoisotopic (exact) mass is 403 g/mol. The first-order valence-electron chi connectivity index (χ1n) is 6.79. The van der Waals surface area contributed by atoms with E-state index in [1.807, 2.05) is 0 Å². The molecule has 148 valence electrons. The lowest BCUT2D eigenvalue weighted by atomic mass is 10.2. The molecular formula is C15H17NO10S. The van der Waals surface area contributed by atoms with Crippen LogP contribution in [0.2, 0.25) is 0 Å². The number of carboxylic acid groups (broad SMARTS) is 2. The number of hydroxylamine groups is 1. The number of aromatic carboxylic acids is 1. The molecule has 0 amide bonds. The van der Waals surface area contributed by atoms with Crippen LogP contribution in [0.3, 0.4) is 0 Å². The maximum absolute atomic E-state index is 10.6. The summed E-state index contributed by atoms with van der Waals surface area (Å²) in [5, 5.41) is 35.7. The van der Waals surface area contributed by atoms with Crippen molar-refractivity contribution in [2.24, 2.45) is 0 Å². The van der Waals surface area contributed by atoms with Gasteiger partial charge in [-0.2, -0.15) is 8.42 Å². The van der Waals surface area contributed by atoms with E-state index in [0.29, 0.717) is 16.8 Å². The summed E-state index contributed by atoms with van der Waals surface area (Å²) in [6.07, 6.45) is 0. The van der Waals surface area contributed by atoms with E-state index in [1.54, 1.807) is 30.3 Å². The van der Waals surface area contributed by atoms with E-state index in [1.165, 1.54) is 0 Å². The van der Waals surface area contributed by atoms with Crippen molar-refractivity contribution >= 4 is 27.7 Å². The van der Waals surface area contributed by atoms with Gasteiger partial charge in [-0.3, -0.25) is 14.6 Å². The van der Waals surface area contributed by atoms with Gasteiger partial charge in [0.05, 0.1) is 10.6 Å². The fourth-order valence-electron chi connectivity index (χ4n) is 1.67. The summed E-state index contributed by atoms with van der Waals surface area (Å²) < 4.78 is 29.8. The average molecular weight is 403 g/mol. The molecule has 0 saturated carbocycles. The van der Waals surface area contributed by atoms with Crippen molar-refractivity contribution in [2.45, 2.75) is 4.90 Å². The maximum Gasteiger partial charge on any atom is 0.339 e. The van der Waals surface area contributed by atoms with Gasteiger partial charge in [0.15, 0.2) is 0 Å². The molecule has 0 aliphatic carbocycles. The summed E-state index contributed by atoms with van der Waals surface area (Å²) in [5.74, 6) is -3.11. The number of anilines is 1. The highest BCUT2D eigenvalue weighted by atomic mass is 32.2. The molecule has 0 radical (unpaired) electrons. The Bertz CT molecular complexity index is 883. The molecule has 27 heavy (non-hydrogen) atoms. The molecule has 11 nitrogen and oxygen atoms in total. The number of aromatic hydroxyl groups is 1. The molecular weight excluding hydrogens is 386 g/mol. The summed E-state index contributed by atoms with van der Waals surface area (Å²) in [7, 11) is -4.45. The largest absolute Gasteiger partial charge is 0.507 e. The minimum atomic E-state index is -4.45. The predicted molar refractivity (Wildman–Crippen MR) is 91.7 cm³/mol. The number of hydrogen-bond acceptors (Lipinski definition) is 7. The van der Waals surface area contributed by atoms with Crippen molar-refractivity contribution in [3.63, 3.8) is 0 Å². The normalized spacial score (nSPS) is 10.0. The molecule has 0 saturated heterocycles. The van der Waals surface area contributed by atoms with Crippen molar-refractivity contribution in [3.8, 4) is 5.75 Å². The van der Waals surface area contributed by atoms with Gasteiger partial charge < -0.3 is 20.8 Å². The summed E-state index contributed by atoms with van der Waals surface area (Å²) in [6.45, 7) is -0.413. The molecule has 0 unspecified atom stereocenters. The molecule has 2 aromatic rings. The van der Waals surface area contributed by atoms with Gasteiger partial charge in [-0.05, 0) is 30.3 Å². The number of carbonyl (C=O) groups is 2. The van der Waals surface area contributed by atoms with E-state index in [2.05, 4.69) is 0 Å². The Balaban J connectivity index is 0.000000488. The number of rotatable bonds is 5. The predicted octanol–water partition coefficient (Wildman–Crippen LogP) is 0.479. The Morgan fingerprint density at radius 2 is 1.56 bits per heavy atom. The van der Waals surface area contributed by atoms with E-state index in [9.17, 15) is 18.0 Å². The van der Waals surface area contributed by atoms with E-state index in [4.69, 9.17) is 25.1 Å². The summed E-state index contributed by atoms with van der Waals surface area (Å²) >= 11 is 0. The molecule has 0 bridgehead atoms. The Kier molecular flexibility index (Phi) is 8.89. The van der Waals surface area contributed by atoms with Crippen LogP contribution in [0, 0.1) is 0 Å². The van der Waals surface area contributed by atoms with Crippen molar-refractivity contribution in [1.29, 1.82) is 0 Å². The Hall–Kier alpha value is -3.19. The van der Waals surface area contributed by atoms with Gasteiger partial charge in [0.2, 0.25) is 0 Å².